The number of thiophene rings is 1. The van der Waals surface area contributed by atoms with E-state index in [0.717, 1.165) is 17.1 Å². The lowest BCUT2D eigenvalue weighted by Gasteiger charge is -2.28. The number of fused-ring (bicyclic) bond motifs is 7. The van der Waals surface area contributed by atoms with E-state index in [0.29, 0.717) is 0 Å². The Kier molecular flexibility index (Phi) is 7.75. The molecule has 0 saturated heterocycles. The molecule has 11 aromatic rings. The van der Waals surface area contributed by atoms with Gasteiger partial charge in [-0.2, -0.15) is 0 Å². The molecule has 2 heteroatoms. The summed E-state index contributed by atoms with van der Waals surface area (Å²) in [6.07, 6.45) is 0. The summed E-state index contributed by atoms with van der Waals surface area (Å²) in [6.45, 7) is 0. The van der Waals surface area contributed by atoms with Gasteiger partial charge in [0.05, 0.1) is 5.69 Å². The summed E-state index contributed by atoms with van der Waals surface area (Å²) in [6, 6.07) is 77.8. The monoisotopic (exact) mass is 729 g/mol. The quantitative estimate of drug-likeness (QED) is 0.154. The summed E-state index contributed by atoms with van der Waals surface area (Å²) in [4.78, 5) is 2.43. The zero-order valence-corrected chi connectivity index (χ0v) is 31.4. The van der Waals surface area contributed by atoms with Gasteiger partial charge in [0.1, 0.15) is 0 Å². The third kappa shape index (κ3) is 5.46. The van der Waals surface area contributed by atoms with Crippen LogP contribution < -0.4 is 4.90 Å². The lowest BCUT2D eigenvalue weighted by atomic mass is 9.93. The highest BCUT2D eigenvalue weighted by Crippen LogP contribution is 2.45. The molecule has 0 unspecified atom stereocenters. The van der Waals surface area contributed by atoms with Crippen molar-refractivity contribution in [2.24, 2.45) is 0 Å². The highest BCUT2D eigenvalue weighted by molar-refractivity contribution is 7.25. The molecule has 0 amide bonds. The van der Waals surface area contributed by atoms with Crippen LogP contribution in [0.4, 0.5) is 17.1 Å². The molecule has 262 valence electrons. The molecular formula is C54H35NS. The normalized spacial score (nSPS) is 11.6. The summed E-state index contributed by atoms with van der Waals surface area (Å²) >= 11 is 1.87. The van der Waals surface area contributed by atoms with E-state index in [4.69, 9.17) is 0 Å². The van der Waals surface area contributed by atoms with Gasteiger partial charge in [0.15, 0.2) is 0 Å². The molecule has 0 N–H and O–H groups in total. The van der Waals surface area contributed by atoms with E-state index in [9.17, 15) is 0 Å². The van der Waals surface area contributed by atoms with E-state index < -0.39 is 0 Å². The molecule has 11 rings (SSSR count). The first-order valence-corrected chi connectivity index (χ1v) is 20.0. The molecule has 0 fully saturated rings. The van der Waals surface area contributed by atoms with Crippen LogP contribution in [0.25, 0.3) is 85.9 Å². The molecule has 0 aliphatic heterocycles. The van der Waals surface area contributed by atoms with Crippen molar-refractivity contribution in [3.8, 4) is 33.4 Å². The van der Waals surface area contributed by atoms with E-state index in [1.54, 1.807) is 0 Å². The lowest BCUT2D eigenvalue weighted by Crippen LogP contribution is -2.11. The van der Waals surface area contributed by atoms with E-state index in [-0.39, 0.29) is 0 Å². The first-order valence-electron chi connectivity index (χ1n) is 19.2. The first kappa shape index (κ1) is 32.4. The fraction of sp³-hybridized carbons (Fsp3) is 0. The molecule has 10 aromatic carbocycles. The zero-order valence-electron chi connectivity index (χ0n) is 30.6. The third-order valence-corrected chi connectivity index (χ3v) is 12.4. The van der Waals surface area contributed by atoms with E-state index in [1.807, 2.05) is 11.3 Å². The minimum atomic E-state index is 1.10. The van der Waals surface area contributed by atoms with Crippen molar-refractivity contribution in [2.75, 3.05) is 4.90 Å². The summed E-state index contributed by atoms with van der Waals surface area (Å²) in [5, 5.41) is 10.2. The number of hydrogen-bond donors (Lipinski definition) is 0. The lowest BCUT2D eigenvalue weighted by molar-refractivity contribution is 1.28. The topological polar surface area (TPSA) is 3.24 Å². The third-order valence-electron chi connectivity index (χ3n) is 11.2. The molecule has 0 atom stereocenters. The first-order chi connectivity index (χ1) is 27.8. The van der Waals surface area contributed by atoms with Gasteiger partial charge in [-0.15, -0.1) is 11.3 Å². The molecule has 0 radical (unpaired) electrons. The highest BCUT2D eigenvalue weighted by Gasteiger charge is 2.20. The molecule has 56 heavy (non-hydrogen) atoms. The molecular weight excluding hydrogens is 695 g/mol. The fourth-order valence-corrected chi connectivity index (χ4v) is 9.74. The summed E-state index contributed by atoms with van der Waals surface area (Å²) < 4.78 is 2.64. The maximum atomic E-state index is 2.43. The standard InChI is InChI=1S/C54H35NS/c1-2-14-38-33-41(28-27-36(38)13-1)45-19-7-9-24-51(45)55(42-31-29-37(30-32-42)46-23-12-26-53-54(46)49-22-8-10-25-52(49)56-53)43-17-11-16-39(34-43)50-35-40-15-3-4-18-44(40)47-20-5-6-21-48(47)50/h1-35H. The molecule has 0 aliphatic carbocycles. The van der Waals surface area contributed by atoms with Gasteiger partial charge < -0.3 is 4.90 Å². The Balaban J connectivity index is 1.10. The second-order valence-corrected chi connectivity index (χ2v) is 15.6. The number of benzene rings is 10. The molecule has 0 aliphatic rings. The van der Waals surface area contributed by atoms with Crippen LogP contribution in [0.15, 0.2) is 212 Å². The van der Waals surface area contributed by atoms with Crippen molar-refractivity contribution in [1.29, 1.82) is 0 Å². The summed E-state index contributed by atoms with van der Waals surface area (Å²) in [5.41, 5.74) is 10.6. The zero-order chi connectivity index (χ0) is 37.0. The Morgan fingerprint density at radius 2 is 0.929 bits per heavy atom. The van der Waals surface area contributed by atoms with Gasteiger partial charge in [-0.05, 0) is 115 Å². The van der Waals surface area contributed by atoms with Crippen LogP contribution in [0.2, 0.25) is 0 Å². The molecule has 0 saturated carbocycles. The Morgan fingerprint density at radius 1 is 0.304 bits per heavy atom. The maximum Gasteiger partial charge on any atom is 0.0540 e. The molecule has 1 heterocycles. The largest absolute Gasteiger partial charge is 0.310 e. The fourth-order valence-electron chi connectivity index (χ4n) is 8.61. The van der Waals surface area contributed by atoms with Gasteiger partial charge in [-0.1, -0.05) is 158 Å². The Morgan fingerprint density at radius 3 is 1.80 bits per heavy atom. The molecule has 0 spiro atoms. The van der Waals surface area contributed by atoms with Crippen LogP contribution in [-0.4, -0.2) is 0 Å². The average molecular weight is 730 g/mol. The summed E-state index contributed by atoms with van der Waals surface area (Å²) in [5.74, 6) is 0. The Hall–Kier alpha value is -7.00. The van der Waals surface area contributed by atoms with Crippen molar-refractivity contribution in [3.05, 3.63) is 212 Å². The number of rotatable bonds is 6. The van der Waals surface area contributed by atoms with Crippen LogP contribution in [0, 0.1) is 0 Å². The molecule has 1 nitrogen and oxygen atoms in total. The van der Waals surface area contributed by atoms with Gasteiger partial charge in [-0.25, -0.2) is 0 Å². The predicted octanol–water partition coefficient (Wildman–Crippen LogP) is 16.0. The smallest absolute Gasteiger partial charge is 0.0540 e. The SMILES string of the molecule is c1cc(-c2cc3ccccc3c3ccccc23)cc(N(c2ccc(-c3cccc4sc5ccccc5c34)cc2)c2ccccc2-c2ccc3ccccc3c2)c1. The van der Waals surface area contributed by atoms with Crippen LogP contribution >= 0.6 is 11.3 Å². The van der Waals surface area contributed by atoms with Crippen molar-refractivity contribution >= 4 is 80.9 Å². The highest BCUT2D eigenvalue weighted by atomic mass is 32.1. The number of para-hydroxylation sites is 1. The number of hydrogen-bond acceptors (Lipinski definition) is 2. The Bertz CT molecular complexity index is 3260. The second-order valence-electron chi connectivity index (χ2n) is 14.5. The van der Waals surface area contributed by atoms with Gasteiger partial charge in [-0.3, -0.25) is 0 Å². The van der Waals surface area contributed by atoms with Crippen molar-refractivity contribution in [2.45, 2.75) is 0 Å². The average Bonchev–Trinajstić information content (AvgIpc) is 3.66. The van der Waals surface area contributed by atoms with Crippen LogP contribution in [0.1, 0.15) is 0 Å². The number of anilines is 3. The van der Waals surface area contributed by atoms with Gasteiger partial charge >= 0.3 is 0 Å². The second kappa shape index (κ2) is 13.4. The van der Waals surface area contributed by atoms with Crippen molar-refractivity contribution < 1.29 is 0 Å². The minimum absolute atomic E-state index is 1.10. The van der Waals surface area contributed by atoms with Crippen molar-refractivity contribution in [3.63, 3.8) is 0 Å². The van der Waals surface area contributed by atoms with Gasteiger partial charge in [0, 0.05) is 37.1 Å². The molecule has 0 bridgehead atoms. The van der Waals surface area contributed by atoms with Crippen LogP contribution in [-0.2, 0) is 0 Å². The minimum Gasteiger partial charge on any atom is -0.310 e. The molecule has 1 aromatic heterocycles. The van der Waals surface area contributed by atoms with E-state index >= 15 is 0 Å². The Labute approximate surface area is 330 Å². The van der Waals surface area contributed by atoms with Crippen molar-refractivity contribution in [1.82, 2.24) is 0 Å². The predicted molar refractivity (Wildman–Crippen MR) is 243 cm³/mol. The number of nitrogens with zero attached hydrogens (tertiary/aromatic N) is 1. The van der Waals surface area contributed by atoms with Gasteiger partial charge in [0.2, 0.25) is 0 Å². The van der Waals surface area contributed by atoms with Gasteiger partial charge in [0.25, 0.3) is 0 Å². The van der Waals surface area contributed by atoms with E-state index in [1.165, 1.54) is 85.9 Å². The van der Waals surface area contributed by atoms with Crippen LogP contribution in [0.5, 0.6) is 0 Å². The van der Waals surface area contributed by atoms with E-state index in [2.05, 4.69) is 217 Å². The van der Waals surface area contributed by atoms with Crippen LogP contribution in [0.3, 0.4) is 0 Å². The maximum absolute atomic E-state index is 2.43. The summed E-state index contributed by atoms with van der Waals surface area (Å²) in [7, 11) is 0.